The molecule has 0 radical (unpaired) electrons. The van der Waals surface area contributed by atoms with Gasteiger partial charge in [-0.3, -0.25) is 0 Å². The third-order valence-electron chi connectivity index (χ3n) is 3.33. The van der Waals surface area contributed by atoms with Crippen LogP contribution in [0.3, 0.4) is 0 Å². The molecule has 4 heteroatoms. The number of aryl methyl sites for hydroxylation is 1. The first kappa shape index (κ1) is 12.4. The van der Waals surface area contributed by atoms with Crippen molar-refractivity contribution < 1.29 is 9.47 Å². The van der Waals surface area contributed by atoms with Crippen molar-refractivity contribution in [3.8, 4) is 17.6 Å². The van der Waals surface area contributed by atoms with E-state index >= 15 is 0 Å². The molecule has 1 N–H and O–H groups in total. The maximum atomic E-state index is 9.16. The van der Waals surface area contributed by atoms with Crippen LogP contribution in [0.2, 0.25) is 0 Å². The second kappa shape index (κ2) is 5.14. The molecule has 0 spiro atoms. The predicted molar refractivity (Wildman–Crippen MR) is 75.8 cm³/mol. The molecular formula is C16H14N2O2. The predicted octanol–water partition coefficient (Wildman–Crippen LogP) is 3.21. The van der Waals surface area contributed by atoms with Crippen molar-refractivity contribution in [2.45, 2.75) is 13.5 Å². The Morgan fingerprint density at radius 3 is 2.90 bits per heavy atom. The molecule has 20 heavy (non-hydrogen) atoms. The Kier molecular flexibility index (Phi) is 3.18. The van der Waals surface area contributed by atoms with Crippen LogP contribution in [-0.2, 0) is 6.54 Å². The van der Waals surface area contributed by atoms with Gasteiger partial charge in [0, 0.05) is 12.1 Å². The number of benzene rings is 2. The molecule has 0 fully saturated rings. The van der Waals surface area contributed by atoms with Crippen LogP contribution in [0.15, 0.2) is 36.4 Å². The van der Waals surface area contributed by atoms with Crippen molar-refractivity contribution in [3.05, 3.63) is 53.1 Å². The van der Waals surface area contributed by atoms with E-state index < -0.39 is 0 Å². The Morgan fingerprint density at radius 1 is 1.20 bits per heavy atom. The Labute approximate surface area is 117 Å². The van der Waals surface area contributed by atoms with Crippen molar-refractivity contribution in [3.63, 3.8) is 0 Å². The van der Waals surface area contributed by atoms with E-state index in [0.717, 1.165) is 28.3 Å². The molecule has 2 aromatic rings. The number of rotatable bonds is 3. The second-order valence-electron chi connectivity index (χ2n) is 4.61. The quantitative estimate of drug-likeness (QED) is 0.926. The van der Waals surface area contributed by atoms with Gasteiger partial charge in [0.15, 0.2) is 11.5 Å². The number of anilines is 1. The first-order chi connectivity index (χ1) is 9.79. The lowest BCUT2D eigenvalue weighted by Crippen LogP contribution is -2.04. The van der Waals surface area contributed by atoms with E-state index in [-0.39, 0.29) is 6.79 Å². The lowest BCUT2D eigenvalue weighted by atomic mass is 10.1. The van der Waals surface area contributed by atoms with Crippen LogP contribution < -0.4 is 14.8 Å². The minimum Gasteiger partial charge on any atom is -0.454 e. The van der Waals surface area contributed by atoms with E-state index in [4.69, 9.17) is 14.7 Å². The summed E-state index contributed by atoms with van der Waals surface area (Å²) in [4.78, 5) is 0. The molecule has 3 rings (SSSR count). The van der Waals surface area contributed by atoms with Crippen LogP contribution >= 0.6 is 0 Å². The zero-order valence-corrected chi connectivity index (χ0v) is 11.1. The molecule has 0 saturated heterocycles. The number of para-hydroxylation sites is 2. The summed E-state index contributed by atoms with van der Waals surface area (Å²) in [5.41, 5.74) is 3.59. The molecule has 0 aliphatic carbocycles. The number of nitriles is 1. The average molecular weight is 266 g/mol. The van der Waals surface area contributed by atoms with Gasteiger partial charge in [0.2, 0.25) is 6.79 Å². The number of hydrogen-bond acceptors (Lipinski definition) is 4. The standard InChI is InChI=1S/C16H14N2O2/c1-11-4-2-5-12(8-17)15(11)18-9-13-6-3-7-14-16(13)20-10-19-14/h2-7,18H,9-10H2,1H3. The van der Waals surface area contributed by atoms with E-state index in [1.165, 1.54) is 0 Å². The van der Waals surface area contributed by atoms with Crippen LogP contribution in [0.1, 0.15) is 16.7 Å². The zero-order valence-electron chi connectivity index (χ0n) is 11.1. The molecule has 1 aliphatic rings. The molecule has 1 heterocycles. The average Bonchev–Trinajstić information content (AvgIpc) is 2.94. The Balaban J connectivity index is 1.85. The molecule has 100 valence electrons. The van der Waals surface area contributed by atoms with Gasteiger partial charge in [0.25, 0.3) is 0 Å². The third-order valence-corrected chi connectivity index (χ3v) is 3.33. The minimum absolute atomic E-state index is 0.264. The number of fused-ring (bicyclic) bond motifs is 1. The first-order valence-corrected chi connectivity index (χ1v) is 6.40. The molecule has 4 nitrogen and oxygen atoms in total. The fourth-order valence-electron chi connectivity index (χ4n) is 2.31. The van der Waals surface area contributed by atoms with Crippen molar-refractivity contribution in [2.75, 3.05) is 12.1 Å². The zero-order chi connectivity index (χ0) is 13.9. The lowest BCUT2D eigenvalue weighted by Gasteiger charge is -2.12. The highest BCUT2D eigenvalue weighted by Gasteiger charge is 2.17. The van der Waals surface area contributed by atoms with Crippen molar-refractivity contribution in [1.29, 1.82) is 5.26 Å². The number of ether oxygens (including phenoxy) is 2. The first-order valence-electron chi connectivity index (χ1n) is 6.40. The molecule has 0 aromatic heterocycles. The molecule has 2 aromatic carbocycles. The maximum absolute atomic E-state index is 9.16. The normalized spacial score (nSPS) is 12.0. The van der Waals surface area contributed by atoms with Gasteiger partial charge in [-0.15, -0.1) is 0 Å². The van der Waals surface area contributed by atoms with Gasteiger partial charge in [-0.2, -0.15) is 5.26 Å². The van der Waals surface area contributed by atoms with Gasteiger partial charge >= 0.3 is 0 Å². The largest absolute Gasteiger partial charge is 0.454 e. The monoisotopic (exact) mass is 266 g/mol. The summed E-state index contributed by atoms with van der Waals surface area (Å²) < 4.78 is 10.8. The van der Waals surface area contributed by atoms with Crippen molar-refractivity contribution in [2.24, 2.45) is 0 Å². The molecule has 0 amide bonds. The summed E-state index contributed by atoms with van der Waals surface area (Å²) in [5, 5.41) is 12.5. The van der Waals surface area contributed by atoms with Crippen molar-refractivity contribution >= 4 is 5.69 Å². The van der Waals surface area contributed by atoms with Crippen LogP contribution in [0.5, 0.6) is 11.5 Å². The van der Waals surface area contributed by atoms with Gasteiger partial charge in [0.1, 0.15) is 6.07 Å². The summed E-state index contributed by atoms with van der Waals surface area (Å²) in [6, 6.07) is 13.7. The Morgan fingerprint density at radius 2 is 2.05 bits per heavy atom. The van der Waals surface area contributed by atoms with Gasteiger partial charge in [-0.1, -0.05) is 24.3 Å². The number of nitrogens with zero attached hydrogens (tertiary/aromatic N) is 1. The van der Waals surface area contributed by atoms with Crippen molar-refractivity contribution in [1.82, 2.24) is 0 Å². The molecule has 0 atom stereocenters. The topological polar surface area (TPSA) is 54.3 Å². The number of hydrogen-bond donors (Lipinski definition) is 1. The molecule has 0 unspecified atom stereocenters. The van der Waals surface area contributed by atoms with Crippen LogP contribution in [0.25, 0.3) is 0 Å². The molecule has 0 saturated carbocycles. The van der Waals surface area contributed by atoms with Crippen LogP contribution in [-0.4, -0.2) is 6.79 Å². The Bertz CT molecular complexity index is 689. The van der Waals surface area contributed by atoms with E-state index in [1.807, 2.05) is 43.3 Å². The summed E-state index contributed by atoms with van der Waals surface area (Å²) in [6.45, 7) is 2.84. The highest BCUT2D eigenvalue weighted by atomic mass is 16.7. The van der Waals surface area contributed by atoms with E-state index in [9.17, 15) is 0 Å². The van der Waals surface area contributed by atoms with Crippen LogP contribution in [0, 0.1) is 18.3 Å². The highest BCUT2D eigenvalue weighted by Crippen LogP contribution is 2.35. The third kappa shape index (κ3) is 2.14. The Hall–Kier alpha value is -2.67. The van der Waals surface area contributed by atoms with E-state index in [2.05, 4.69) is 11.4 Å². The van der Waals surface area contributed by atoms with Gasteiger partial charge < -0.3 is 14.8 Å². The summed E-state index contributed by atoms with van der Waals surface area (Å²) in [7, 11) is 0. The van der Waals surface area contributed by atoms with Gasteiger partial charge in [-0.05, 0) is 24.6 Å². The summed E-state index contributed by atoms with van der Waals surface area (Å²) in [6.07, 6.45) is 0. The minimum atomic E-state index is 0.264. The van der Waals surface area contributed by atoms with Crippen LogP contribution in [0.4, 0.5) is 5.69 Å². The van der Waals surface area contributed by atoms with E-state index in [0.29, 0.717) is 12.1 Å². The molecule has 0 bridgehead atoms. The molecular weight excluding hydrogens is 252 g/mol. The molecule has 1 aliphatic heterocycles. The van der Waals surface area contributed by atoms with E-state index in [1.54, 1.807) is 0 Å². The smallest absolute Gasteiger partial charge is 0.231 e. The van der Waals surface area contributed by atoms with Gasteiger partial charge in [0.05, 0.1) is 11.3 Å². The second-order valence-corrected chi connectivity index (χ2v) is 4.61. The lowest BCUT2D eigenvalue weighted by molar-refractivity contribution is 0.173. The highest BCUT2D eigenvalue weighted by molar-refractivity contribution is 5.62. The SMILES string of the molecule is Cc1cccc(C#N)c1NCc1cccc2c1OCO2. The van der Waals surface area contributed by atoms with Gasteiger partial charge in [-0.25, -0.2) is 0 Å². The number of nitrogens with one attached hydrogen (secondary N) is 1. The summed E-state index contributed by atoms with van der Waals surface area (Å²) in [5.74, 6) is 1.56. The fourth-order valence-corrected chi connectivity index (χ4v) is 2.31. The fraction of sp³-hybridized carbons (Fsp3) is 0.188. The summed E-state index contributed by atoms with van der Waals surface area (Å²) >= 11 is 0. The maximum Gasteiger partial charge on any atom is 0.231 e.